The van der Waals surface area contributed by atoms with E-state index < -0.39 is 0 Å². The first-order chi connectivity index (χ1) is 9.75. The van der Waals surface area contributed by atoms with E-state index in [2.05, 4.69) is 39.1 Å². The number of nitrogens with one attached hydrogen (secondary N) is 1. The van der Waals surface area contributed by atoms with Gasteiger partial charge in [-0.15, -0.1) is 36.2 Å². The van der Waals surface area contributed by atoms with Crippen molar-refractivity contribution >= 4 is 52.1 Å². The van der Waals surface area contributed by atoms with Crippen LogP contribution in [0.5, 0.6) is 0 Å². The Kier molecular flexibility index (Phi) is 9.23. The lowest BCUT2D eigenvalue weighted by molar-refractivity contribution is 0.0223. The fourth-order valence-corrected chi connectivity index (χ4v) is 5.13. The number of piperazine rings is 1. The maximum absolute atomic E-state index is 5.57. The van der Waals surface area contributed by atoms with Crippen LogP contribution in [0.3, 0.4) is 0 Å². The Morgan fingerprint density at radius 1 is 1.27 bits per heavy atom. The number of aryl methyl sites for hydroxylation is 1. The molecule has 0 aliphatic carbocycles. The second kappa shape index (κ2) is 9.82. The van der Waals surface area contributed by atoms with E-state index in [1.54, 1.807) is 0 Å². The molecule has 1 aromatic heterocycles. The molecular formula is C15H25BrCl2N2OS. The minimum absolute atomic E-state index is 0. The van der Waals surface area contributed by atoms with E-state index in [4.69, 9.17) is 4.74 Å². The third-order valence-electron chi connectivity index (χ3n) is 4.43. The van der Waals surface area contributed by atoms with Crippen molar-refractivity contribution in [3.63, 3.8) is 0 Å². The Balaban J connectivity index is 0.00000121. The lowest BCUT2D eigenvalue weighted by Gasteiger charge is -2.40. The standard InChI is InChI=1S/C15H23BrN2OS.2ClH/c1-11-10-13(20-15(11)16)14(12-2-8-19-9-3-12)18-6-4-17-5-7-18;;/h10,12,14,17H,2-9H2,1H3;2*1H/t14-;;/m1../s1. The number of thiophene rings is 1. The van der Waals surface area contributed by atoms with E-state index in [-0.39, 0.29) is 24.8 Å². The molecule has 2 aliphatic rings. The second-order valence-electron chi connectivity index (χ2n) is 5.79. The van der Waals surface area contributed by atoms with Crippen LogP contribution in [-0.4, -0.2) is 44.3 Å². The molecule has 1 aromatic rings. The number of halogens is 3. The second-order valence-corrected chi connectivity index (χ2v) is 8.19. The highest BCUT2D eigenvalue weighted by molar-refractivity contribution is 9.11. The van der Waals surface area contributed by atoms with Crippen molar-refractivity contribution in [2.75, 3.05) is 39.4 Å². The highest BCUT2D eigenvalue weighted by Crippen LogP contribution is 2.41. The van der Waals surface area contributed by atoms with Gasteiger partial charge >= 0.3 is 0 Å². The van der Waals surface area contributed by atoms with Crippen molar-refractivity contribution < 1.29 is 4.74 Å². The van der Waals surface area contributed by atoms with Gasteiger partial charge in [0.15, 0.2) is 0 Å². The Morgan fingerprint density at radius 3 is 2.45 bits per heavy atom. The van der Waals surface area contributed by atoms with E-state index >= 15 is 0 Å². The van der Waals surface area contributed by atoms with Gasteiger partial charge in [-0.3, -0.25) is 4.90 Å². The number of hydrogen-bond acceptors (Lipinski definition) is 4. The molecule has 2 saturated heterocycles. The molecule has 22 heavy (non-hydrogen) atoms. The molecular weight excluding hydrogens is 407 g/mol. The third kappa shape index (κ3) is 4.82. The molecule has 3 rings (SSSR count). The van der Waals surface area contributed by atoms with Gasteiger partial charge in [-0.25, -0.2) is 0 Å². The van der Waals surface area contributed by atoms with Gasteiger partial charge < -0.3 is 10.1 Å². The third-order valence-corrected chi connectivity index (χ3v) is 6.63. The van der Waals surface area contributed by atoms with E-state index in [1.165, 1.54) is 27.1 Å². The molecule has 3 nitrogen and oxygen atoms in total. The summed E-state index contributed by atoms with van der Waals surface area (Å²) in [6.45, 7) is 8.62. The van der Waals surface area contributed by atoms with Crippen molar-refractivity contribution in [3.8, 4) is 0 Å². The Morgan fingerprint density at radius 2 is 1.91 bits per heavy atom. The molecule has 128 valence electrons. The van der Waals surface area contributed by atoms with Gasteiger partial charge in [0.1, 0.15) is 0 Å². The van der Waals surface area contributed by atoms with Crippen LogP contribution < -0.4 is 5.32 Å². The van der Waals surface area contributed by atoms with Gasteiger partial charge in [-0.1, -0.05) is 0 Å². The Labute approximate surface area is 158 Å². The van der Waals surface area contributed by atoms with Gasteiger partial charge in [0.2, 0.25) is 0 Å². The lowest BCUT2D eigenvalue weighted by atomic mass is 9.89. The fraction of sp³-hybridized carbons (Fsp3) is 0.733. The molecule has 0 amide bonds. The van der Waals surface area contributed by atoms with Crippen LogP contribution in [0.25, 0.3) is 0 Å². The Bertz CT molecular complexity index is 411. The number of rotatable bonds is 3. The molecule has 0 bridgehead atoms. The SMILES string of the molecule is Cc1cc([C@@H](C2CCOCC2)N2CCNCC2)sc1Br.Cl.Cl. The van der Waals surface area contributed by atoms with Gasteiger partial charge in [-0.05, 0) is 53.2 Å². The summed E-state index contributed by atoms with van der Waals surface area (Å²) in [5, 5.41) is 3.47. The zero-order valence-electron chi connectivity index (χ0n) is 12.8. The van der Waals surface area contributed by atoms with Crippen molar-refractivity contribution in [1.29, 1.82) is 0 Å². The van der Waals surface area contributed by atoms with Crippen molar-refractivity contribution in [1.82, 2.24) is 10.2 Å². The van der Waals surface area contributed by atoms with Crippen LogP contribution in [-0.2, 0) is 4.74 Å². The van der Waals surface area contributed by atoms with E-state index in [1.807, 2.05) is 11.3 Å². The van der Waals surface area contributed by atoms with Crippen LogP contribution in [0.2, 0.25) is 0 Å². The molecule has 2 aliphatic heterocycles. The van der Waals surface area contributed by atoms with Crippen LogP contribution in [0, 0.1) is 12.8 Å². The summed E-state index contributed by atoms with van der Waals surface area (Å²) < 4.78 is 6.86. The topological polar surface area (TPSA) is 24.5 Å². The summed E-state index contributed by atoms with van der Waals surface area (Å²) in [5.41, 5.74) is 1.37. The van der Waals surface area contributed by atoms with Gasteiger partial charge in [0.25, 0.3) is 0 Å². The zero-order chi connectivity index (χ0) is 13.9. The van der Waals surface area contributed by atoms with Gasteiger partial charge in [-0.2, -0.15) is 0 Å². The summed E-state index contributed by atoms with van der Waals surface area (Å²) in [5.74, 6) is 0.742. The summed E-state index contributed by atoms with van der Waals surface area (Å²) in [4.78, 5) is 4.22. The highest BCUT2D eigenvalue weighted by Gasteiger charge is 2.32. The molecule has 0 unspecified atom stereocenters. The van der Waals surface area contributed by atoms with Crippen LogP contribution in [0.1, 0.15) is 29.3 Å². The largest absolute Gasteiger partial charge is 0.381 e. The van der Waals surface area contributed by atoms with Crippen LogP contribution in [0.4, 0.5) is 0 Å². The summed E-state index contributed by atoms with van der Waals surface area (Å²) in [6, 6.07) is 2.97. The van der Waals surface area contributed by atoms with Crippen LogP contribution in [0.15, 0.2) is 9.85 Å². The van der Waals surface area contributed by atoms with Gasteiger partial charge in [0, 0.05) is 50.3 Å². The maximum Gasteiger partial charge on any atom is 0.0731 e. The average molecular weight is 432 g/mol. The quantitative estimate of drug-likeness (QED) is 0.781. The predicted molar refractivity (Wildman–Crippen MR) is 102 cm³/mol. The summed E-state index contributed by atoms with van der Waals surface area (Å²) >= 11 is 5.62. The monoisotopic (exact) mass is 430 g/mol. The minimum Gasteiger partial charge on any atom is -0.381 e. The molecule has 0 aromatic carbocycles. The number of hydrogen-bond donors (Lipinski definition) is 1. The molecule has 7 heteroatoms. The molecule has 0 spiro atoms. The number of ether oxygens (including phenoxy) is 1. The van der Waals surface area contributed by atoms with E-state index in [0.29, 0.717) is 6.04 Å². The molecule has 1 atom stereocenters. The lowest BCUT2D eigenvalue weighted by Crippen LogP contribution is -2.47. The smallest absolute Gasteiger partial charge is 0.0731 e. The average Bonchev–Trinajstić information content (AvgIpc) is 2.81. The highest BCUT2D eigenvalue weighted by atomic mass is 79.9. The first-order valence-electron chi connectivity index (χ1n) is 7.54. The zero-order valence-corrected chi connectivity index (χ0v) is 16.9. The molecule has 1 N–H and O–H groups in total. The maximum atomic E-state index is 5.57. The molecule has 3 heterocycles. The summed E-state index contributed by atoms with van der Waals surface area (Å²) in [7, 11) is 0. The molecule has 0 radical (unpaired) electrons. The first kappa shape index (κ1) is 20.7. The van der Waals surface area contributed by atoms with Crippen LogP contribution >= 0.6 is 52.1 Å². The number of nitrogens with zero attached hydrogens (tertiary/aromatic N) is 1. The normalized spacial score (nSPS) is 21.7. The predicted octanol–water partition coefficient (Wildman–Crippen LogP) is 4.04. The summed E-state index contributed by atoms with van der Waals surface area (Å²) in [6.07, 6.45) is 2.40. The van der Waals surface area contributed by atoms with Crippen molar-refractivity contribution in [3.05, 3.63) is 20.3 Å². The first-order valence-corrected chi connectivity index (χ1v) is 9.15. The molecule has 2 fully saturated rings. The van der Waals surface area contributed by atoms with Crippen molar-refractivity contribution in [2.45, 2.75) is 25.8 Å². The Hall–Kier alpha value is 0.640. The van der Waals surface area contributed by atoms with Gasteiger partial charge in [0.05, 0.1) is 3.79 Å². The minimum atomic E-state index is 0. The van der Waals surface area contributed by atoms with E-state index in [9.17, 15) is 0 Å². The molecule has 0 saturated carbocycles. The van der Waals surface area contributed by atoms with E-state index in [0.717, 1.165) is 45.3 Å². The fourth-order valence-electron chi connectivity index (χ4n) is 3.33. The van der Waals surface area contributed by atoms with Crippen molar-refractivity contribution in [2.24, 2.45) is 5.92 Å².